The predicted octanol–water partition coefficient (Wildman–Crippen LogP) is 7.41. The predicted molar refractivity (Wildman–Crippen MR) is 175 cm³/mol. The third-order valence-electron chi connectivity index (χ3n) is 9.41. The van der Waals surface area contributed by atoms with Gasteiger partial charge in [0.15, 0.2) is 11.6 Å². The number of carbonyl (C=O) groups excluding carboxylic acids is 3. The van der Waals surface area contributed by atoms with Crippen molar-refractivity contribution in [2.45, 2.75) is 57.2 Å². The average molecular weight is 597 g/mol. The molecule has 3 aliphatic rings. The maximum Gasteiger partial charge on any atom is 0.238 e. The maximum atomic E-state index is 15.0. The molecule has 1 fully saturated rings. The van der Waals surface area contributed by atoms with Gasteiger partial charge in [-0.15, -0.1) is 0 Å². The number of amides is 1. The van der Waals surface area contributed by atoms with E-state index < -0.39 is 23.4 Å². The van der Waals surface area contributed by atoms with Crippen molar-refractivity contribution < 1.29 is 19.1 Å². The van der Waals surface area contributed by atoms with Crippen LogP contribution in [-0.2, 0) is 16.6 Å². The zero-order valence-corrected chi connectivity index (χ0v) is 25.7. The molecule has 1 amide bonds. The lowest BCUT2D eigenvalue weighted by molar-refractivity contribution is -0.122. The highest BCUT2D eigenvalue weighted by atomic mass is 16.5. The van der Waals surface area contributed by atoms with E-state index in [-0.39, 0.29) is 23.6 Å². The molecule has 4 atom stereocenters. The lowest BCUT2D eigenvalue weighted by atomic mass is 9.62. The third kappa shape index (κ3) is 4.50. The summed E-state index contributed by atoms with van der Waals surface area (Å²) in [6.07, 6.45) is 5.78. The van der Waals surface area contributed by atoms with Crippen LogP contribution in [0.2, 0.25) is 0 Å². The van der Waals surface area contributed by atoms with E-state index in [2.05, 4.69) is 12.2 Å². The number of ether oxygens (including phenoxy) is 1. The standard InChI is InChI=1S/C39H36N2O4/c1-4-9-25-14-16-27(17-15-25)35(42)33-34(36(43)28-18-20-29(21-19-28)45-24(2)3)41-23-22-26-10-5-6-11-30(26)37(41)39(33)31-12-7-8-13-32(31)40-38(39)44/h5-8,10-24,33-34,37H,4,9H2,1-3H3,(H,40,44)/t33-,34+,37-,39-/m0/s1. The molecule has 0 radical (unpaired) electrons. The highest BCUT2D eigenvalue weighted by Crippen LogP contribution is 2.62. The fraction of sp³-hybridized carbons (Fsp3) is 0.256. The second kappa shape index (κ2) is 11.2. The van der Waals surface area contributed by atoms with Crippen LogP contribution in [0.4, 0.5) is 5.69 Å². The smallest absolute Gasteiger partial charge is 0.238 e. The lowest BCUT2D eigenvalue weighted by Crippen LogP contribution is -2.49. The third-order valence-corrected chi connectivity index (χ3v) is 9.41. The summed E-state index contributed by atoms with van der Waals surface area (Å²) in [4.78, 5) is 46.4. The first-order valence-electron chi connectivity index (χ1n) is 15.7. The number of hydrogen-bond donors (Lipinski definition) is 1. The van der Waals surface area contributed by atoms with Gasteiger partial charge in [-0.25, -0.2) is 0 Å². The minimum atomic E-state index is -1.35. The molecular weight excluding hydrogens is 560 g/mol. The first-order valence-corrected chi connectivity index (χ1v) is 15.7. The van der Waals surface area contributed by atoms with Crippen molar-refractivity contribution in [2.24, 2.45) is 5.92 Å². The Balaban J connectivity index is 1.45. The molecule has 0 unspecified atom stereocenters. The SMILES string of the molecule is CCCc1ccc(C(=O)[C@@H]2[C@H](C(=O)c3ccc(OC(C)C)cc3)N3C=Cc4ccccc4[C@H]3[C@@]23C(=O)Nc2ccccc23)cc1. The average Bonchev–Trinajstić information content (AvgIpc) is 3.53. The largest absolute Gasteiger partial charge is 0.491 e. The zero-order valence-electron chi connectivity index (χ0n) is 25.7. The molecule has 0 saturated carbocycles. The Morgan fingerprint density at radius 2 is 1.53 bits per heavy atom. The Morgan fingerprint density at radius 3 is 2.27 bits per heavy atom. The number of anilines is 1. The van der Waals surface area contributed by atoms with Crippen molar-refractivity contribution in [3.05, 3.63) is 137 Å². The summed E-state index contributed by atoms with van der Waals surface area (Å²) in [7, 11) is 0. The summed E-state index contributed by atoms with van der Waals surface area (Å²) in [6.45, 7) is 6.02. The molecule has 3 heterocycles. The molecular formula is C39H36N2O4. The van der Waals surface area contributed by atoms with Crippen molar-refractivity contribution >= 4 is 29.2 Å². The summed E-state index contributed by atoms with van der Waals surface area (Å²) in [5.41, 5.74) is 4.05. The first-order chi connectivity index (χ1) is 21.8. The van der Waals surface area contributed by atoms with Gasteiger partial charge in [-0.1, -0.05) is 80.1 Å². The normalized spacial score (nSPS) is 22.6. The Labute approximate surface area is 263 Å². The molecule has 4 aromatic rings. The molecule has 4 aromatic carbocycles. The van der Waals surface area contributed by atoms with Gasteiger partial charge in [-0.05, 0) is 78.9 Å². The van der Waals surface area contributed by atoms with E-state index in [0.717, 1.165) is 35.1 Å². The molecule has 0 aliphatic carbocycles. The minimum absolute atomic E-state index is 0.00720. The summed E-state index contributed by atoms with van der Waals surface area (Å²) in [6, 6.07) is 28.8. The van der Waals surface area contributed by atoms with E-state index in [0.29, 0.717) is 22.6 Å². The molecule has 45 heavy (non-hydrogen) atoms. The lowest BCUT2D eigenvalue weighted by Gasteiger charge is -2.38. The van der Waals surface area contributed by atoms with Crippen molar-refractivity contribution in [1.82, 2.24) is 4.90 Å². The zero-order chi connectivity index (χ0) is 31.3. The van der Waals surface area contributed by atoms with Crippen LogP contribution in [0.5, 0.6) is 5.75 Å². The van der Waals surface area contributed by atoms with Crippen LogP contribution >= 0.6 is 0 Å². The van der Waals surface area contributed by atoms with E-state index in [4.69, 9.17) is 4.74 Å². The molecule has 226 valence electrons. The molecule has 1 saturated heterocycles. The molecule has 1 spiro atoms. The van der Waals surface area contributed by atoms with Gasteiger partial charge in [0.2, 0.25) is 5.91 Å². The number of para-hydroxylation sites is 1. The van der Waals surface area contributed by atoms with E-state index in [1.807, 2.05) is 104 Å². The van der Waals surface area contributed by atoms with Crippen LogP contribution in [0.15, 0.2) is 103 Å². The quantitative estimate of drug-likeness (QED) is 0.215. The van der Waals surface area contributed by atoms with Crippen LogP contribution in [0.25, 0.3) is 6.08 Å². The summed E-state index contributed by atoms with van der Waals surface area (Å²) < 4.78 is 5.83. The number of carbonyl (C=O) groups is 3. The Kier molecular flexibility index (Phi) is 7.16. The summed E-state index contributed by atoms with van der Waals surface area (Å²) in [5.74, 6) is -1.03. The second-order valence-corrected chi connectivity index (χ2v) is 12.5. The van der Waals surface area contributed by atoms with E-state index >= 15 is 4.79 Å². The number of nitrogens with zero attached hydrogens (tertiary/aromatic N) is 1. The highest BCUT2D eigenvalue weighted by Gasteiger charge is 2.70. The number of benzene rings is 4. The Morgan fingerprint density at radius 1 is 0.867 bits per heavy atom. The van der Waals surface area contributed by atoms with Crippen LogP contribution in [0.1, 0.15) is 76.2 Å². The molecule has 6 heteroatoms. The molecule has 6 nitrogen and oxygen atoms in total. The molecule has 3 aliphatic heterocycles. The maximum absolute atomic E-state index is 15.0. The van der Waals surface area contributed by atoms with Gasteiger partial charge in [-0.2, -0.15) is 0 Å². The van der Waals surface area contributed by atoms with E-state index in [9.17, 15) is 9.59 Å². The van der Waals surface area contributed by atoms with Gasteiger partial charge in [0, 0.05) is 23.0 Å². The number of fused-ring (bicyclic) bond motifs is 6. The number of ketones is 2. The van der Waals surface area contributed by atoms with E-state index in [1.54, 1.807) is 24.3 Å². The summed E-state index contributed by atoms with van der Waals surface area (Å²) >= 11 is 0. The fourth-order valence-electron chi connectivity index (χ4n) is 7.61. The monoisotopic (exact) mass is 596 g/mol. The Bertz CT molecular complexity index is 1820. The van der Waals surface area contributed by atoms with Crippen LogP contribution in [-0.4, -0.2) is 34.5 Å². The van der Waals surface area contributed by atoms with Crippen molar-refractivity contribution in [3.63, 3.8) is 0 Å². The van der Waals surface area contributed by atoms with Crippen molar-refractivity contribution in [1.29, 1.82) is 0 Å². The van der Waals surface area contributed by atoms with Gasteiger partial charge in [0.05, 0.1) is 18.1 Å². The van der Waals surface area contributed by atoms with Gasteiger partial charge < -0.3 is 15.0 Å². The first kappa shape index (κ1) is 28.8. The fourth-order valence-corrected chi connectivity index (χ4v) is 7.61. The van der Waals surface area contributed by atoms with E-state index in [1.165, 1.54) is 0 Å². The summed E-state index contributed by atoms with van der Waals surface area (Å²) in [5, 5.41) is 3.11. The van der Waals surface area contributed by atoms with Gasteiger partial charge in [0.25, 0.3) is 0 Å². The molecule has 1 N–H and O–H groups in total. The van der Waals surface area contributed by atoms with Gasteiger partial charge >= 0.3 is 0 Å². The number of hydrogen-bond acceptors (Lipinski definition) is 5. The number of nitrogens with one attached hydrogen (secondary N) is 1. The van der Waals surface area contributed by atoms with Gasteiger partial charge in [-0.3, -0.25) is 14.4 Å². The van der Waals surface area contributed by atoms with Crippen LogP contribution < -0.4 is 10.1 Å². The topological polar surface area (TPSA) is 75.7 Å². The molecule has 0 bridgehead atoms. The van der Waals surface area contributed by atoms with Crippen LogP contribution in [0, 0.1) is 5.92 Å². The molecule has 0 aromatic heterocycles. The highest BCUT2D eigenvalue weighted by molar-refractivity contribution is 6.16. The van der Waals surface area contributed by atoms with Gasteiger partial charge in [0.1, 0.15) is 17.2 Å². The van der Waals surface area contributed by atoms with Crippen molar-refractivity contribution in [2.75, 3.05) is 5.32 Å². The molecule has 7 rings (SSSR count). The van der Waals surface area contributed by atoms with Crippen molar-refractivity contribution in [3.8, 4) is 5.75 Å². The van der Waals surface area contributed by atoms with Crippen LogP contribution in [0.3, 0.4) is 0 Å². The number of Topliss-reactive ketones (excluding diaryl/α,β-unsaturated/α-hetero) is 2. The minimum Gasteiger partial charge on any atom is -0.491 e. The number of rotatable bonds is 8. The number of aryl methyl sites for hydroxylation is 1. The second-order valence-electron chi connectivity index (χ2n) is 12.5. The Hall–Kier alpha value is -4.97.